The van der Waals surface area contributed by atoms with Gasteiger partial charge in [0.25, 0.3) is 0 Å². The van der Waals surface area contributed by atoms with Gasteiger partial charge >= 0.3 is 0 Å². The van der Waals surface area contributed by atoms with E-state index >= 15 is 0 Å². The first-order valence-corrected chi connectivity index (χ1v) is 7.76. The van der Waals surface area contributed by atoms with Gasteiger partial charge in [-0.3, -0.25) is 4.79 Å². The van der Waals surface area contributed by atoms with Crippen LogP contribution < -0.4 is 10.6 Å². The van der Waals surface area contributed by atoms with E-state index in [0.29, 0.717) is 0 Å². The maximum Gasteiger partial charge on any atom is 0.221 e. The van der Waals surface area contributed by atoms with Gasteiger partial charge in [-0.25, -0.2) is 0 Å². The minimum Gasteiger partial charge on any atom is -0.326 e. The van der Waals surface area contributed by atoms with Crippen LogP contribution in [0.1, 0.15) is 12.5 Å². The molecule has 0 aliphatic heterocycles. The number of anilines is 1. The Hall–Kier alpha value is -1.49. The molecule has 110 valence electrons. The molecule has 5 heteroatoms. The van der Waals surface area contributed by atoms with Crippen molar-refractivity contribution >= 4 is 35.0 Å². The highest BCUT2D eigenvalue weighted by Gasteiger charge is 2.06. The van der Waals surface area contributed by atoms with Crippen molar-refractivity contribution in [2.45, 2.75) is 23.3 Å². The minimum absolute atomic E-state index is 0.0680. The highest BCUT2D eigenvalue weighted by atomic mass is 35.5. The highest BCUT2D eigenvalue weighted by molar-refractivity contribution is 7.99. The van der Waals surface area contributed by atoms with Gasteiger partial charge in [-0.15, -0.1) is 0 Å². The number of hydrogen-bond donors (Lipinski definition) is 2. The molecule has 0 aliphatic carbocycles. The van der Waals surface area contributed by atoms with Gasteiger partial charge in [-0.1, -0.05) is 29.4 Å². The first-order valence-electron chi connectivity index (χ1n) is 6.57. The van der Waals surface area contributed by atoms with Crippen molar-refractivity contribution in [1.29, 1.82) is 0 Å². The lowest BCUT2D eigenvalue weighted by atomic mass is 10.2. The molecule has 0 unspecified atom stereocenters. The van der Waals surface area contributed by atoms with Gasteiger partial charge in [0.1, 0.15) is 0 Å². The van der Waals surface area contributed by atoms with Crippen molar-refractivity contribution in [3.05, 3.63) is 53.1 Å². The van der Waals surface area contributed by atoms with Gasteiger partial charge in [0.2, 0.25) is 5.91 Å². The average molecular weight is 321 g/mol. The summed E-state index contributed by atoms with van der Waals surface area (Å²) in [5, 5.41) is 6.64. The van der Waals surface area contributed by atoms with Crippen LogP contribution in [0, 0.1) is 0 Å². The maximum absolute atomic E-state index is 11.0. The Morgan fingerprint density at radius 2 is 1.90 bits per heavy atom. The number of nitrogens with one attached hydrogen (secondary N) is 2. The van der Waals surface area contributed by atoms with Crippen molar-refractivity contribution < 1.29 is 4.79 Å². The zero-order chi connectivity index (χ0) is 15.2. The van der Waals surface area contributed by atoms with Crippen LogP contribution in [0.15, 0.2) is 52.3 Å². The van der Waals surface area contributed by atoms with E-state index in [0.717, 1.165) is 27.0 Å². The molecule has 1 amide bonds. The van der Waals surface area contributed by atoms with Crippen LogP contribution in [0.25, 0.3) is 0 Å². The number of hydrogen-bond acceptors (Lipinski definition) is 3. The molecule has 0 saturated heterocycles. The van der Waals surface area contributed by atoms with E-state index < -0.39 is 0 Å². The highest BCUT2D eigenvalue weighted by Crippen LogP contribution is 2.33. The first kappa shape index (κ1) is 15.9. The lowest BCUT2D eigenvalue weighted by Crippen LogP contribution is -2.06. The van der Waals surface area contributed by atoms with Gasteiger partial charge in [0, 0.05) is 34.0 Å². The third-order valence-corrected chi connectivity index (χ3v) is 4.14. The predicted molar refractivity (Wildman–Crippen MR) is 89.1 cm³/mol. The molecule has 0 aromatic heterocycles. The Morgan fingerprint density at radius 3 is 2.52 bits per heavy atom. The van der Waals surface area contributed by atoms with Gasteiger partial charge in [0.05, 0.1) is 0 Å². The number of halogens is 1. The lowest BCUT2D eigenvalue weighted by molar-refractivity contribution is -0.114. The van der Waals surface area contributed by atoms with Gasteiger partial charge in [-0.05, 0) is 49.0 Å². The molecule has 2 aromatic carbocycles. The third-order valence-electron chi connectivity index (χ3n) is 2.80. The lowest BCUT2D eigenvalue weighted by Gasteiger charge is -2.10. The molecule has 21 heavy (non-hydrogen) atoms. The minimum atomic E-state index is -0.0680. The van der Waals surface area contributed by atoms with Crippen molar-refractivity contribution in [2.75, 3.05) is 12.4 Å². The van der Waals surface area contributed by atoms with Crippen molar-refractivity contribution in [2.24, 2.45) is 0 Å². The van der Waals surface area contributed by atoms with E-state index in [9.17, 15) is 4.79 Å². The number of benzene rings is 2. The second-order valence-electron chi connectivity index (χ2n) is 4.59. The topological polar surface area (TPSA) is 41.1 Å². The molecule has 0 radical (unpaired) electrons. The monoisotopic (exact) mass is 320 g/mol. The van der Waals surface area contributed by atoms with E-state index in [2.05, 4.69) is 10.6 Å². The first-order chi connectivity index (χ1) is 10.1. The molecule has 2 N–H and O–H groups in total. The summed E-state index contributed by atoms with van der Waals surface area (Å²) in [5.41, 5.74) is 2.01. The summed E-state index contributed by atoms with van der Waals surface area (Å²) in [4.78, 5) is 13.2. The fourth-order valence-corrected chi connectivity index (χ4v) is 3.12. The molecular formula is C16H17ClN2OS. The molecule has 0 heterocycles. The largest absolute Gasteiger partial charge is 0.326 e. The molecule has 2 aromatic rings. The van der Waals surface area contributed by atoms with E-state index in [-0.39, 0.29) is 5.91 Å². The van der Waals surface area contributed by atoms with Gasteiger partial charge < -0.3 is 10.6 Å². The fourth-order valence-electron chi connectivity index (χ4n) is 1.90. The Balaban J connectivity index is 2.17. The van der Waals surface area contributed by atoms with Gasteiger partial charge in [0.15, 0.2) is 0 Å². The van der Waals surface area contributed by atoms with Crippen LogP contribution >= 0.6 is 23.4 Å². The van der Waals surface area contributed by atoms with E-state index in [1.54, 1.807) is 11.8 Å². The summed E-state index contributed by atoms with van der Waals surface area (Å²) < 4.78 is 0. The molecule has 0 atom stereocenters. The Kier molecular flexibility index (Phi) is 5.67. The summed E-state index contributed by atoms with van der Waals surface area (Å²) in [6.45, 7) is 2.29. The number of carbonyl (C=O) groups is 1. The SMILES string of the molecule is CNCc1ccc(Cl)cc1Sc1ccc(NC(C)=O)cc1. The van der Waals surface area contributed by atoms with Crippen LogP contribution in [0.3, 0.4) is 0 Å². The van der Waals surface area contributed by atoms with Crippen LogP contribution in [0.4, 0.5) is 5.69 Å². The zero-order valence-corrected chi connectivity index (χ0v) is 13.5. The van der Waals surface area contributed by atoms with Crippen LogP contribution in [-0.4, -0.2) is 13.0 Å². The molecule has 2 rings (SSSR count). The summed E-state index contributed by atoms with van der Waals surface area (Å²) in [6.07, 6.45) is 0. The summed E-state index contributed by atoms with van der Waals surface area (Å²) in [5.74, 6) is -0.0680. The second kappa shape index (κ2) is 7.50. The van der Waals surface area contributed by atoms with E-state index in [1.807, 2.05) is 49.5 Å². The third kappa shape index (κ3) is 4.77. The number of carbonyl (C=O) groups excluding carboxylic acids is 1. The van der Waals surface area contributed by atoms with Crippen LogP contribution in [0.2, 0.25) is 5.02 Å². The van der Waals surface area contributed by atoms with Crippen molar-refractivity contribution in [3.8, 4) is 0 Å². The van der Waals surface area contributed by atoms with Crippen LogP contribution in [-0.2, 0) is 11.3 Å². The maximum atomic E-state index is 11.0. The Morgan fingerprint density at radius 1 is 1.19 bits per heavy atom. The molecule has 0 bridgehead atoms. The molecule has 0 fully saturated rings. The quantitative estimate of drug-likeness (QED) is 0.868. The molecule has 0 spiro atoms. The van der Waals surface area contributed by atoms with Crippen LogP contribution in [0.5, 0.6) is 0 Å². The molecule has 0 aliphatic rings. The summed E-state index contributed by atoms with van der Waals surface area (Å²) >= 11 is 7.74. The summed E-state index contributed by atoms with van der Waals surface area (Å²) in [7, 11) is 1.92. The van der Waals surface area contributed by atoms with Gasteiger partial charge in [-0.2, -0.15) is 0 Å². The predicted octanol–water partition coefficient (Wildman–Crippen LogP) is 4.17. The second-order valence-corrected chi connectivity index (χ2v) is 6.14. The zero-order valence-electron chi connectivity index (χ0n) is 11.9. The smallest absolute Gasteiger partial charge is 0.221 e. The standard InChI is InChI=1S/C16H17ClN2OS/c1-11(20)19-14-5-7-15(8-6-14)21-16-9-13(17)4-3-12(16)10-18-2/h3-9,18H,10H2,1-2H3,(H,19,20). The Labute approximate surface area is 134 Å². The molecular weight excluding hydrogens is 304 g/mol. The number of amides is 1. The number of rotatable bonds is 5. The average Bonchev–Trinajstić information content (AvgIpc) is 2.43. The molecule has 3 nitrogen and oxygen atoms in total. The summed E-state index contributed by atoms with van der Waals surface area (Å²) in [6, 6.07) is 13.7. The van der Waals surface area contributed by atoms with E-state index in [4.69, 9.17) is 11.6 Å². The fraction of sp³-hybridized carbons (Fsp3) is 0.188. The molecule has 0 saturated carbocycles. The van der Waals surface area contributed by atoms with Crippen molar-refractivity contribution in [1.82, 2.24) is 5.32 Å². The Bertz CT molecular complexity index is 629. The normalized spacial score (nSPS) is 10.4. The van der Waals surface area contributed by atoms with Crippen molar-refractivity contribution in [3.63, 3.8) is 0 Å². The van der Waals surface area contributed by atoms with E-state index in [1.165, 1.54) is 12.5 Å².